The van der Waals surface area contributed by atoms with Crippen molar-refractivity contribution in [1.29, 1.82) is 0 Å². The monoisotopic (exact) mass is 431 g/mol. The van der Waals surface area contributed by atoms with Gasteiger partial charge in [-0.2, -0.15) is 10.2 Å². The summed E-state index contributed by atoms with van der Waals surface area (Å²) in [7, 11) is -0.423. The van der Waals surface area contributed by atoms with E-state index in [-0.39, 0.29) is 12.1 Å². The van der Waals surface area contributed by atoms with E-state index in [0.29, 0.717) is 23.4 Å². The van der Waals surface area contributed by atoms with Gasteiger partial charge in [-0.1, -0.05) is 65.9 Å². The summed E-state index contributed by atoms with van der Waals surface area (Å²) < 4.78 is 42.5. The van der Waals surface area contributed by atoms with E-state index in [9.17, 15) is 13.2 Å². The fourth-order valence-corrected chi connectivity index (χ4v) is 4.57. The van der Waals surface area contributed by atoms with Crippen LogP contribution < -0.4 is 4.31 Å². The molecule has 1 aliphatic heterocycles. The van der Waals surface area contributed by atoms with E-state index in [1.54, 1.807) is 12.1 Å². The number of alkyl halides is 2. The van der Waals surface area contributed by atoms with Crippen LogP contribution in [0.4, 0.5) is 18.9 Å². The highest BCUT2D eigenvalue weighted by Crippen LogP contribution is 2.31. The Bertz CT molecular complexity index is 1000. The second-order valence-electron chi connectivity index (χ2n) is 7.00. The summed E-state index contributed by atoms with van der Waals surface area (Å²) in [5.41, 5.74) is 3.08. The van der Waals surface area contributed by atoms with E-state index in [1.165, 1.54) is 6.07 Å². The third-order valence-electron chi connectivity index (χ3n) is 4.83. The SMILES string of the molecule is C=C(CC)CS(=C)N(Cc1ccc(C2=NN=C(C(F)F)C2)cc1F)c1ccccc1. The molecule has 0 bridgehead atoms. The Labute approximate surface area is 177 Å². The first-order chi connectivity index (χ1) is 14.4. The lowest BCUT2D eigenvalue weighted by molar-refractivity contribution is 0.224. The minimum Gasteiger partial charge on any atom is -0.318 e. The zero-order chi connectivity index (χ0) is 21.7. The summed E-state index contributed by atoms with van der Waals surface area (Å²) in [6.07, 6.45) is -1.84. The van der Waals surface area contributed by atoms with Crippen molar-refractivity contribution in [1.82, 2.24) is 0 Å². The standard InChI is InChI=1S/C23H24F3N3S/c1-4-16(2)15-30(3)29(19-8-6-5-7-9-19)14-18-11-10-17(12-20(18)24)21-13-22(23(25)26)28-27-21/h5-12,23H,2-4,13-15H2,1H3. The highest BCUT2D eigenvalue weighted by molar-refractivity contribution is 8.15. The lowest BCUT2D eigenvalue weighted by Crippen LogP contribution is -2.19. The van der Waals surface area contributed by atoms with Crippen LogP contribution >= 0.6 is 10.7 Å². The predicted molar refractivity (Wildman–Crippen MR) is 123 cm³/mol. The van der Waals surface area contributed by atoms with Crippen LogP contribution in [-0.4, -0.2) is 29.5 Å². The molecule has 1 atom stereocenters. The van der Waals surface area contributed by atoms with Crippen LogP contribution in [0.5, 0.6) is 0 Å². The number of benzene rings is 2. The second-order valence-corrected chi connectivity index (χ2v) is 8.66. The van der Waals surface area contributed by atoms with Gasteiger partial charge in [0.1, 0.15) is 11.5 Å². The number of para-hydroxylation sites is 1. The molecule has 3 nitrogen and oxygen atoms in total. The van der Waals surface area contributed by atoms with Crippen molar-refractivity contribution < 1.29 is 13.2 Å². The van der Waals surface area contributed by atoms with Gasteiger partial charge < -0.3 is 4.31 Å². The molecule has 2 aromatic carbocycles. The Balaban J connectivity index is 1.81. The van der Waals surface area contributed by atoms with Gasteiger partial charge in [0, 0.05) is 29.0 Å². The maximum absolute atomic E-state index is 14.9. The summed E-state index contributed by atoms with van der Waals surface area (Å²) in [4.78, 5) is 0. The molecule has 2 aromatic rings. The molecule has 30 heavy (non-hydrogen) atoms. The van der Waals surface area contributed by atoms with Crippen LogP contribution in [0.15, 0.2) is 70.9 Å². The van der Waals surface area contributed by atoms with Crippen molar-refractivity contribution in [3.8, 4) is 0 Å². The molecule has 0 aliphatic carbocycles. The van der Waals surface area contributed by atoms with Crippen LogP contribution in [0, 0.1) is 5.82 Å². The van der Waals surface area contributed by atoms with E-state index in [1.807, 2.05) is 30.3 Å². The molecule has 0 spiro atoms. The predicted octanol–water partition coefficient (Wildman–Crippen LogP) is 6.23. The number of anilines is 1. The van der Waals surface area contributed by atoms with Crippen LogP contribution in [-0.2, 0) is 6.54 Å². The first-order valence-electron chi connectivity index (χ1n) is 9.59. The van der Waals surface area contributed by atoms with Crippen LogP contribution in [0.3, 0.4) is 0 Å². The van der Waals surface area contributed by atoms with Gasteiger partial charge in [-0.25, -0.2) is 13.2 Å². The Morgan fingerprint density at radius 3 is 2.50 bits per heavy atom. The summed E-state index contributed by atoms with van der Waals surface area (Å²) >= 11 is 0. The Hall–Kier alpha value is -2.67. The van der Waals surface area contributed by atoms with Gasteiger partial charge >= 0.3 is 0 Å². The third-order valence-corrected chi connectivity index (χ3v) is 6.53. The molecule has 7 heteroatoms. The summed E-state index contributed by atoms with van der Waals surface area (Å²) in [5.74, 6) is 4.62. The largest absolute Gasteiger partial charge is 0.318 e. The molecule has 0 amide bonds. The van der Waals surface area contributed by atoms with E-state index in [2.05, 4.69) is 33.9 Å². The normalized spacial score (nSPS) is 14.4. The zero-order valence-corrected chi connectivity index (χ0v) is 17.6. The van der Waals surface area contributed by atoms with Gasteiger partial charge in [0.05, 0.1) is 12.3 Å². The van der Waals surface area contributed by atoms with Crippen LogP contribution in [0.1, 0.15) is 30.9 Å². The smallest absolute Gasteiger partial charge is 0.278 e. The maximum Gasteiger partial charge on any atom is 0.278 e. The number of hydrogen-bond donors (Lipinski definition) is 0. The Kier molecular flexibility index (Phi) is 7.26. The van der Waals surface area contributed by atoms with E-state index in [4.69, 9.17) is 0 Å². The van der Waals surface area contributed by atoms with Crippen molar-refractivity contribution in [2.24, 2.45) is 10.2 Å². The molecule has 0 saturated heterocycles. The number of rotatable bonds is 9. The fourth-order valence-electron chi connectivity index (χ4n) is 3.00. The van der Waals surface area contributed by atoms with E-state index in [0.717, 1.165) is 23.4 Å². The van der Waals surface area contributed by atoms with Gasteiger partial charge in [-0.3, -0.25) is 0 Å². The van der Waals surface area contributed by atoms with Gasteiger partial charge in [0.25, 0.3) is 6.43 Å². The van der Waals surface area contributed by atoms with Gasteiger partial charge in [0.15, 0.2) is 0 Å². The topological polar surface area (TPSA) is 28.0 Å². The van der Waals surface area contributed by atoms with Crippen molar-refractivity contribution in [2.45, 2.75) is 32.7 Å². The fraction of sp³-hybridized carbons (Fsp3) is 0.261. The molecular weight excluding hydrogens is 407 g/mol. The van der Waals surface area contributed by atoms with E-state index < -0.39 is 22.9 Å². The average molecular weight is 432 g/mol. The first kappa shape index (κ1) is 22.0. The second kappa shape index (κ2) is 9.89. The molecule has 3 rings (SSSR count). The Morgan fingerprint density at radius 1 is 1.17 bits per heavy atom. The highest BCUT2D eigenvalue weighted by atomic mass is 32.2. The summed E-state index contributed by atoms with van der Waals surface area (Å²) in [5, 5.41) is 7.29. The molecule has 0 aromatic heterocycles. The average Bonchev–Trinajstić information content (AvgIpc) is 3.24. The molecule has 0 fully saturated rings. The van der Waals surface area contributed by atoms with Gasteiger partial charge in [-0.05, 0) is 24.6 Å². The zero-order valence-electron chi connectivity index (χ0n) is 16.8. The molecule has 1 heterocycles. The van der Waals surface area contributed by atoms with Gasteiger partial charge in [-0.15, -0.1) is 0 Å². The first-order valence-corrected chi connectivity index (χ1v) is 11.1. The van der Waals surface area contributed by atoms with Crippen LogP contribution in [0.2, 0.25) is 0 Å². The number of halogens is 3. The molecule has 0 N–H and O–H groups in total. The highest BCUT2D eigenvalue weighted by Gasteiger charge is 2.22. The number of hydrogen-bond acceptors (Lipinski definition) is 3. The summed E-state index contributed by atoms with van der Waals surface area (Å²) in [6.45, 7) is 6.47. The van der Waals surface area contributed by atoms with Crippen LogP contribution in [0.25, 0.3) is 0 Å². The molecule has 0 radical (unpaired) electrons. The molecule has 1 aliphatic rings. The molecular formula is C23H24F3N3S. The number of nitrogens with zero attached hydrogens (tertiary/aromatic N) is 3. The molecule has 1 unspecified atom stereocenters. The minimum atomic E-state index is -2.65. The molecule has 158 valence electrons. The Morgan fingerprint density at radius 2 is 1.90 bits per heavy atom. The van der Waals surface area contributed by atoms with Crippen molar-refractivity contribution in [2.75, 3.05) is 10.1 Å². The van der Waals surface area contributed by atoms with Crippen molar-refractivity contribution in [3.63, 3.8) is 0 Å². The lowest BCUT2D eigenvalue weighted by Gasteiger charge is -2.28. The minimum absolute atomic E-state index is 0.0614. The summed E-state index contributed by atoms with van der Waals surface area (Å²) in [6, 6.07) is 14.5. The molecule has 0 saturated carbocycles. The quantitative estimate of drug-likeness (QED) is 0.342. The third kappa shape index (κ3) is 5.27. The maximum atomic E-state index is 14.9. The lowest BCUT2D eigenvalue weighted by atomic mass is 10.0. The van der Waals surface area contributed by atoms with Crippen molar-refractivity contribution >= 4 is 33.7 Å². The van der Waals surface area contributed by atoms with Crippen molar-refractivity contribution in [3.05, 3.63) is 77.6 Å². The van der Waals surface area contributed by atoms with Gasteiger partial charge in [0.2, 0.25) is 0 Å². The van der Waals surface area contributed by atoms with E-state index >= 15 is 0 Å².